The van der Waals surface area contributed by atoms with E-state index in [0.29, 0.717) is 22.5 Å². The number of carbonyl (C=O) groups is 1. The fraction of sp³-hybridized carbons (Fsp3) is 0.0588. The molecule has 3 aromatic rings. The number of phenolic OH excluding ortho intramolecular Hbond substituents is 1. The minimum Gasteiger partial charge on any atom is -0.507 e. The van der Waals surface area contributed by atoms with Crippen LogP contribution < -0.4 is 10.9 Å². The molecule has 0 aliphatic rings. The second-order valence-electron chi connectivity index (χ2n) is 5.24. The highest BCUT2D eigenvalue weighted by Crippen LogP contribution is 2.30. The molecule has 25 heavy (non-hydrogen) atoms. The van der Waals surface area contributed by atoms with Gasteiger partial charge in [-0.25, -0.2) is 0 Å². The van der Waals surface area contributed by atoms with E-state index in [1.807, 2.05) is 0 Å². The lowest BCUT2D eigenvalue weighted by Gasteiger charge is -2.10. The Balaban J connectivity index is 1.96. The van der Waals surface area contributed by atoms with E-state index in [-0.39, 0.29) is 5.75 Å². The summed E-state index contributed by atoms with van der Waals surface area (Å²) in [4.78, 5) is 25.7. The van der Waals surface area contributed by atoms with Crippen molar-refractivity contribution in [2.24, 2.45) is 0 Å². The molecule has 5 nitrogen and oxygen atoms in total. The number of aromatic amines is 1. The number of anilines is 1. The molecule has 3 N–H and O–H groups in total. The van der Waals surface area contributed by atoms with Crippen molar-refractivity contribution in [3.63, 3.8) is 0 Å². The number of amides is 1. The zero-order valence-corrected chi connectivity index (χ0v) is 12.5. The number of benzene rings is 2. The number of H-pyrrole nitrogens is 1. The van der Waals surface area contributed by atoms with Crippen LogP contribution in [0.5, 0.6) is 5.75 Å². The fourth-order valence-corrected chi connectivity index (χ4v) is 2.41. The summed E-state index contributed by atoms with van der Waals surface area (Å²) < 4.78 is 37.7. The van der Waals surface area contributed by atoms with Crippen molar-refractivity contribution in [2.45, 2.75) is 6.18 Å². The van der Waals surface area contributed by atoms with Gasteiger partial charge in [-0.2, -0.15) is 13.2 Å². The highest BCUT2D eigenvalue weighted by atomic mass is 19.4. The third kappa shape index (κ3) is 3.18. The maximum Gasteiger partial charge on any atom is 0.431 e. The van der Waals surface area contributed by atoms with Crippen LogP contribution >= 0.6 is 0 Å². The molecule has 0 saturated carbocycles. The van der Waals surface area contributed by atoms with Crippen molar-refractivity contribution in [2.75, 3.05) is 5.32 Å². The van der Waals surface area contributed by atoms with E-state index < -0.39 is 28.9 Å². The summed E-state index contributed by atoms with van der Waals surface area (Å²) in [5.41, 5.74) is -2.51. The molecule has 0 saturated heterocycles. The van der Waals surface area contributed by atoms with Gasteiger partial charge in [0.05, 0.1) is 0 Å². The molecular formula is C17H11F3N2O3. The molecule has 3 rings (SSSR count). The Labute approximate surface area is 138 Å². The van der Waals surface area contributed by atoms with Crippen LogP contribution in [-0.2, 0) is 6.18 Å². The van der Waals surface area contributed by atoms with Gasteiger partial charge in [0.1, 0.15) is 17.0 Å². The second-order valence-corrected chi connectivity index (χ2v) is 5.24. The monoisotopic (exact) mass is 348 g/mol. The van der Waals surface area contributed by atoms with Crippen LogP contribution in [0, 0.1) is 0 Å². The predicted octanol–water partition coefficient (Wildman–Crippen LogP) is 3.50. The number of hydrogen-bond donors (Lipinski definition) is 3. The van der Waals surface area contributed by atoms with E-state index >= 15 is 0 Å². The summed E-state index contributed by atoms with van der Waals surface area (Å²) in [6, 6.07) is 11.0. The average molecular weight is 348 g/mol. The summed E-state index contributed by atoms with van der Waals surface area (Å²) in [5.74, 6) is -0.841. The number of carbonyl (C=O) groups excluding carboxylic acids is 1. The number of aromatic nitrogens is 1. The molecular weight excluding hydrogens is 337 g/mol. The predicted molar refractivity (Wildman–Crippen MR) is 85.6 cm³/mol. The van der Waals surface area contributed by atoms with Gasteiger partial charge in [0.2, 0.25) is 0 Å². The summed E-state index contributed by atoms with van der Waals surface area (Å²) in [6.45, 7) is 0. The number of rotatable bonds is 2. The smallest absolute Gasteiger partial charge is 0.431 e. The summed E-state index contributed by atoms with van der Waals surface area (Å²) in [5, 5.41) is 13.3. The molecule has 0 aliphatic carbocycles. The standard InChI is InChI=1S/C17H11F3N2O3/c18-17(19,20)14-8-7-11(16(25)22-14)15(24)21-12-5-1-4-10-9(12)3-2-6-13(10)23/h1-8,23H,(H,21,24)(H,22,25). The number of pyridine rings is 1. The summed E-state index contributed by atoms with van der Waals surface area (Å²) in [7, 11) is 0. The van der Waals surface area contributed by atoms with Gasteiger partial charge >= 0.3 is 6.18 Å². The van der Waals surface area contributed by atoms with E-state index in [4.69, 9.17) is 0 Å². The van der Waals surface area contributed by atoms with Gasteiger partial charge in [-0.1, -0.05) is 24.3 Å². The molecule has 0 unspecified atom stereocenters. The average Bonchev–Trinajstić information content (AvgIpc) is 2.55. The normalized spacial score (nSPS) is 11.5. The Morgan fingerprint density at radius 2 is 1.68 bits per heavy atom. The topological polar surface area (TPSA) is 82.2 Å². The molecule has 1 amide bonds. The molecule has 0 spiro atoms. The van der Waals surface area contributed by atoms with E-state index in [2.05, 4.69) is 5.32 Å². The molecule has 0 fully saturated rings. The Kier molecular flexibility index (Phi) is 3.96. The number of fused-ring (bicyclic) bond motifs is 1. The van der Waals surface area contributed by atoms with E-state index in [1.165, 1.54) is 6.07 Å². The summed E-state index contributed by atoms with van der Waals surface area (Å²) >= 11 is 0. The first-order valence-corrected chi connectivity index (χ1v) is 7.10. The first kappa shape index (κ1) is 16.6. The Morgan fingerprint density at radius 1 is 1.00 bits per heavy atom. The van der Waals surface area contributed by atoms with Crippen LogP contribution in [-0.4, -0.2) is 16.0 Å². The zero-order chi connectivity index (χ0) is 18.2. The number of phenols is 1. The van der Waals surface area contributed by atoms with Crippen LogP contribution in [0.4, 0.5) is 18.9 Å². The summed E-state index contributed by atoms with van der Waals surface area (Å²) in [6.07, 6.45) is -4.71. The largest absolute Gasteiger partial charge is 0.507 e. The number of hydrogen-bond acceptors (Lipinski definition) is 3. The number of nitrogens with one attached hydrogen (secondary N) is 2. The van der Waals surface area contributed by atoms with Crippen molar-refractivity contribution in [1.29, 1.82) is 0 Å². The van der Waals surface area contributed by atoms with Crippen LogP contribution in [0.15, 0.2) is 53.3 Å². The SMILES string of the molecule is O=C(Nc1cccc2c(O)cccc12)c1ccc(C(F)(F)F)[nH]c1=O. The van der Waals surface area contributed by atoms with Gasteiger partial charge in [-0.3, -0.25) is 9.59 Å². The molecule has 8 heteroatoms. The Morgan fingerprint density at radius 3 is 2.36 bits per heavy atom. The van der Waals surface area contributed by atoms with Gasteiger partial charge in [0.15, 0.2) is 0 Å². The van der Waals surface area contributed by atoms with Gasteiger partial charge in [-0.05, 0) is 24.3 Å². The van der Waals surface area contributed by atoms with E-state index in [1.54, 1.807) is 35.3 Å². The van der Waals surface area contributed by atoms with Crippen molar-refractivity contribution in [1.82, 2.24) is 4.98 Å². The molecule has 0 aliphatic heterocycles. The fourth-order valence-electron chi connectivity index (χ4n) is 2.41. The van der Waals surface area contributed by atoms with E-state index in [9.17, 15) is 27.9 Å². The quantitative estimate of drug-likeness (QED) is 0.663. The van der Waals surface area contributed by atoms with Crippen LogP contribution in [0.1, 0.15) is 16.1 Å². The lowest BCUT2D eigenvalue weighted by Crippen LogP contribution is -2.25. The van der Waals surface area contributed by atoms with Crippen LogP contribution in [0.2, 0.25) is 0 Å². The van der Waals surface area contributed by atoms with Crippen molar-refractivity contribution >= 4 is 22.4 Å². The number of alkyl halides is 3. The van der Waals surface area contributed by atoms with E-state index in [0.717, 1.165) is 6.07 Å². The minimum absolute atomic E-state index is 0.0148. The zero-order valence-electron chi connectivity index (χ0n) is 12.5. The Bertz CT molecular complexity index is 1030. The molecule has 128 valence electrons. The molecule has 1 heterocycles. The molecule has 2 aromatic carbocycles. The third-order valence-corrected chi connectivity index (χ3v) is 3.61. The minimum atomic E-state index is -4.71. The first-order valence-electron chi connectivity index (χ1n) is 7.10. The van der Waals surface area contributed by atoms with Gasteiger partial charge in [0.25, 0.3) is 11.5 Å². The van der Waals surface area contributed by atoms with Gasteiger partial charge < -0.3 is 15.4 Å². The molecule has 0 radical (unpaired) electrons. The lowest BCUT2D eigenvalue weighted by molar-refractivity contribution is -0.141. The van der Waals surface area contributed by atoms with Crippen molar-refractivity contribution in [3.05, 3.63) is 70.1 Å². The maximum atomic E-state index is 12.6. The second kappa shape index (κ2) is 5.97. The first-order chi connectivity index (χ1) is 11.8. The van der Waals surface area contributed by atoms with Crippen LogP contribution in [0.3, 0.4) is 0 Å². The number of halogens is 3. The molecule has 1 aromatic heterocycles. The third-order valence-electron chi connectivity index (χ3n) is 3.61. The lowest BCUT2D eigenvalue weighted by atomic mass is 10.1. The highest BCUT2D eigenvalue weighted by Gasteiger charge is 2.32. The van der Waals surface area contributed by atoms with Gasteiger partial charge in [0, 0.05) is 16.5 Å². The maximum absolute atomic E-state index is 12.6. The Hall–Kier alpha value is -3.29. The van der Waals surface area contributed by atoms with Crippen molar-refractivity contribution in [3.8, 4) is 5.75 Å². The number of aromatic hydroxyl groups is 1. The van der Waals surface area contributed by atoms with Crippen molar-refractivity contribution < 1.29 is 23.1 Å². The van der Waals surface area contributed by atoms with Gasteiger partial charge in [-0.15, -0.1) is 0 Å². The van der Waals surface area contributed by atoms with Crippen LogP contribution in [0.25, 0.3) is 10.8 Å². The molecule has 0 bridgehead atoms. The highest BCUT2D eigenvalue weighted by molar-refractivity contribution is 6.09. The molecule has 0 atom stereocenters.